The SMILES string of the molecule is COCCCNC(=O)c1ccc(N(Cc2ccccc2)C(C)C)cn1. The number of rotatable bonds is 9. The first-order chi connectivity index (χ1) is 12.1. The van der Waals surface area contributed by atoms with Gasteiger partial charge in [-0.3, -0.25) is 4.79 Å². The van der Waals surface area contributed by atoms with Crippen LogP contribution >= 0.6 is 0 Å². The number of anilines is 1. The van der Waals surface area contributed by atoms with E-state index >= 15 is 0 Å². The Morgan fingerprint density at radius 3 is 2.56 bits per heavy atom. The van der Waals surface area contributed by atoms with Crippen molar-refractivity contribution in [3.63, 3.8) is 0 Å². The summed E-state index contributed by atoms with van der Waals surface area (Å²) < 4.78 is 4.97. The van der Waals surface area contributed by atoms with Gasteiger partial charge in [-0.25, -0.2) is 4.98 Å². The lowest BCUT2D eigenvalue weighted by atomic mass is 10.1. The van der Waals surface area contributed by atoms with Crippen LogP contribution in [-0.2, 0) is 11.3 Å². The summed E-state index contributed by atoms with van der Waals surface area (Å²) in [6.45, 7) is 6.33. The number of nitrogens with zero attached hydrogens (tertiary/aromatic N) is 2. The monoisotopic (exact) mass is 341 g/mol. The molecule has 0 fully saturated rings. The molecular weight excluding hydrogens is 314 g/mol. The van der Waals surface area contributed by atoms with Crippen molar-refractivity contribution >= 4 is 11.6 Å². The first-order valence-corrected chi connectivity index (χ1v) is 8.65. The minimum Gasteiger partial charge on any atom is -0.385 e. The van der Waals surface area contributed by atoms with E-state index in [4.69, 9.17) is 4.74 Å². The van der Waals surface area contributed by atoms with Gasteiger partial charge in [-0.1, -0.05) is 30.3 Å². The summed E-state index contributed by atoms with van der Waals surface area (Å²) in [6.07, 6.45) is 2.56. The number of methoxy groups -OCH3 is 1. The van der Waals surface area contributed by atoms with E-state index in [0.717, 1.165) is 18.7 Å². The molecule has 134 valence electrons. The summed E-state index contributed by atoms with van der Waals surface area (Å²) in [5.74, 6) is -0.151. The molecule has 1 aromatic carbocycles. The van der Waals surface area contributed by atoms with Crippen LogP contribution in [0.25, 0.3) is 0 Å². The fraction of sp³-hybridized carbons (Fsp3) is 0.400. The van der Waals surface area contributed by atoms with Gasteiger partial charge in [0.1, 0.15) is 5.69 Å². The van der Waals surface area contributed by atoms with Crippen molar-refractivity contribution in [1.29, 1.82) is 0 Å². The highest BCUT2D eigenvalue weighted by Crippen LogP contribution is 2.19. The summed E-state index contributed by atoms with van der Waals surface area (Å²) in [5.41, 5.74) is 2.69. The van der Waals surface area contributed by atoms with Gasteiger partial charge in [-0.2, -0.15) is 0 Å². The molecule has 1 N–H and O–H groups in total. The second kappa shape index (κ2) is 9.79. The Kier molecular flexibility index (Phi) is 7.41. The molecule has 0 bridgehead atoms. The lowest BCUT2D eigenvalue weighted by Crippen LogP contribution is -2.30. The smallest absolute Gasteiger partial charge is 0.269 e. The lowest BCUT2D eigenvalue weighted by Gasteiger charge is -2.29. The van der Waals surface area contributed by atoms with E-state index in [9.17, 15) is 4.79 Å². The zero-order chi connectivity index (χ0) is 18.1. The van der Waals surface area contributed by atoms with Crippen LogP contribution in [0.5, 0.6) is 0 Å². The van der Waals surface area contributed by atoms with E-state index in [1.54, 1.807) is 19.4 Å². The van der Waals surface area contributed by atoms with Crippen LogP contribution in [0, 0.1) is 0 Å². The number of hydrogen-bond acceptors (Lipinski definition) is 4. The number of benzene rings is 1. The lowest BCUT2D eigenvalue weighted by molar-refractivity contribution is 0.0943. The first kappa shape index (κ1) is 18.9. The van der Waals surface area contributed by atoms with E-state index in [1.165, 1.54) is 5.56 Å². The summed E-state index contributed by atoms with van der Waals surface area (Å²) >= 11 is 0. The zero-order valence-electron chi connectivity index (χ0n) is 15.2. The zero-order valence-corrected chi connectivity index (χ0v) is 15.2. The topological polar surface area (TPSA) is 54.5 Å². The van der Waals surface area contributed by atoms with E-state index in [-0.39, 0.29) is 5.91 Å². The number of ether oxygens (including phenoxy) is 1. The van der Waals surface area contributed by atoms with Gasteiger partial charge >= 0.3 is 0 Å². The molecule has 0 radical (unpaired) electrons. The standard InChI is InChI=1S/C20H27N3O2/c1-16(2)23(15-17-8-5-4-6-9-17)18-10-11-19(22-14-18)20(24)21-12-7-13-25-3/h4-6,8-11,14,16H,7,12-13,15H2,1-3H3,(H,21,24). The Morgan fingerprint density at radius 1 is 1.20 bits per heavy atom. The van der Waals surface area contributed by atoms with Gasteiger partial charge in [-0.05, 0) is 38.0 Å². The van der Waals surface area contributed by atoms with Crippen molar-refractivity contribution in [2.75, 3.05) is 25.2 Å². The van der Waals surface area contributed by atoms with Gasteiger partial charge in [0.2, 0.25) is 0 Å². The van der Waals surface area contributed by atoms with Crippen molar-refractivity contribution in [2.24, 2.45) is 0 Å². The minimum atomic E-state index is -0.151. The van der Waals surface area contributed by atoms with Crippen LogP contribution in [0.1, 0.15) is 36.3 Å². The van der Waals surface area contributed by atoms with Crippen molar-refractivity contribution in [3.05, 3.63) is 59.9 Å². The third-order valence-electron chi connectivity index (χ3n) is 3.94. The molecule has 0 saturated carbocycles. The van der Waals surface area contributed by atoms with E-state index < -0.39 is 0 Å². The number of nitrogens with one attached hydrogen (secondary N) is 1. The number of carbonyl (C=O) groups excluding carboxylic acids is 1. The molecule has 1 amide bonds. The molecule has 5 nitrogen and oxygen atoms in total. The highest BCUT2D eigenvalue weighted by molar-refractivity contribution is 5.92. The summed E-state index contributed by atoms with van der Waals surface area (Å²) in [6, 6.07) is 14.4. The maximum atomic E-state index is 12.1. The average Bonchev–Trinajstić information content (AvgIpc) is 2.64. The van der Waals surface area contributed by atoms with Crippen molar-refractivity contribution in [2.45, 2.75) is 32.9 Å². The number of carbonyl (C=O) groups is 1. The third kappa shape index (κ3) is 5.87. The maximum Gasteiger partial charge on any atom is 0.269 e. The molecule has 0 aliphatic carbocycles. The third-order valence-corrected chi connectivity index (χ3v) is 3.94. The Hall–Kier alpha value is -2.40. The molecule has 2 aromatic rings. The van der Waals surface area contributed by atoms with Crippen molar-refractivity contribution < 1.29 is 9.53 Å². The molecule has 1 heterocycles. The molecule has 0 saturated heterocycles. The molecule has 5 heteroatoms. The van der Waals surface area contributed by atoms with Gasteiger partial charge in [0, 0.05) is 32.8 Å². The quantitative estimate of drug-likeness (QED) is 0.711. The van der Waals surface area contributed by atoms with Crippen molar-refractivity contribution in [3.8, 4) is 0 Å². The van der Waals surface area contributed by atoms with Gasteiger partial charge in [0.05, 0.1) is 11.9 Å². The number of aromatic nitrogens is 1. The summed E-state index contributed by atoms with van der Waals surface area (Å²) in [5, 5.41) is 2.85. The molecular formula is C20H27N3O2. The van der Waals surface area contributed by atoms with E-state index in [0.29, 0.717) is 24.9 Å². The fourth-order valence-corrected chi connectivity index (χ4v) is 2.55. The molecule has 0 aliphatic heterocycles. The van der Waals surface area contributed by atoms with Crippen LogP contribution in [-0.4, -0.2) is 37.2 Å². The molecule has 0 aliphatic rings. The van der Waals surface area contributed by atoms with Crippen LogP contribution < -0.4 is 10.2 Å². The highest BCUT2D eigenvalue weighted by Gasteiger charge is 2.13. The Bertz CT molecular complexity index is 642. The van der Waals surface area contributed by atoms with Crippen LogP contribution in [0.4, 0.5) is 5.69 Å². The Morgan fingerprint density at radius 2 is 1.96 bits per heavy atom. The second-order valence-electron chi connectivity index (χ2n) is 6.21. The maximum absolute atomic E-state index is 12.1. The van der Waals surface area contributed by atoms with Gasteiger partial charge in [-0.15, -0.1) is 0 Å². The van der Waals surface area contributed by atoms with Gasteiger partial charge < -0.3 is 15.0 Å². The number of hydrogen-bond donors (Lipinski definition) is 1. The Labute approximate surface area is 150 Å². The number of pyridine rings is 1. The van der Waals surface area contributed by atoms with Gasteiger partial charge in [0.25, 0.3) is 5.91 Å². The normalized spacial score (nSPS) is 10.7. The van der Waals surface area contributed by atoms with Gasteiger partial charge in [0.15, 0.2) is 0 Å². The Balaban J connectivity index is 2.01. The molecule has 1 aromatic heterocycles. The van der Waals surface area contributed by atoms with Crippen LogP contribution in [0.3, 0.4) is 0 Å². The summed E-state index contributed by atoms with van der Waals surface area (Å²) in [4.78, 5) is 18.7. The minimum absolute atomic E-state index is 0.151. The van der Waals surface area contributed by atoms with Crippen LogP contribution in [0.2, 0.25) is 0 Å². The molecule has 0 atom stereocenters. The molecule has 0 spiro atoms. The molecule has 0 unspecified atom stereocenters. The fourth-order valence-electron chi connectivity index (χ4n) is 2.55. The highest BCUT2D eigenvalue weighted by atomic mass is 16.5. The van der Waals surface area contributed by atoms with E-state index in [1.807, 2.05) is 24.3 Å². The number of amides is 1. The largest absolute Gasteiger partial charge is 0.385 e. The second-order valence-corrected chi connectivity index (χ2v) is 6.21. The first-order valence-electron chi connectivity index (χ1n) is 8.65. The predicted molar refractivity (Wildman–Crippen MR) is 101 cm³/mol. The predicted octanol–water partition coefficient (Wildman–Crippen LogP) is 3.26. The van der Waals surface area contributed by atoms with Crippen LogP contribution in [0.15, 0.2) is 48.7 Å². The molecule has 2 rings (SSSR count). The van der Waals surface area contributed by atoms with Crippen molar-refractivity contribution in [1.82, 2.24) is 10.3 Å². The molecule has 25 heavy (non-hydrogen) atoms. The average molecular weight is 341 g/mol. The summed E-state index contributed by atoms with van der Waals surface area (Å²) in [7, 11) is 1.65. The van der Waals surface area contributed by atoms with E-state index in [2.05, 4.69) is 41.2 Å².